The third-order valence-corrected chi connectivity index (χ3v) is 5.47. The molecular formula is C17H19N5OS. The number of amides is 1. The van der Waals surface area contributed by atoms with Crippen molar-refractivity contribution in [3.63, 3.8) is 0 Å². The van der Waals surface area contributed by atoms with Crippen LogP contribution >= 0.6 is 11.3 Å². The summed E-state index contributed by atoms with van der Waals surface area (Å²) >= 11 is 1.48. The second-order valence-electron chi connectivity index (χ2n) is 6.33. The molecule has 3 heterocycles. The predicted octanol–water partition coefficient (Wildman–Crippen LogP) is 3.79. The topological polar surface area (TPSA) is 72.2 Å². The monoisotopic (exact) mass is 341 g/mol. The van der Waals surface area contributed by atoms with Gasteiger partial charge in [-0.15, -0.1) is 10.2 Å². The molecule has 1 aliphatic rings. The Morgan fingerprint density at radius 3 is 2.96 bits per heavy atom. The van der Waals surface area contributed by atoms with Crippen LogP contribution in [0, 0.1) is 6.92 Å². The maximum atomic E-state index is 12.4. The first-order chi connectivity index (χ1) is 11.7. The zero-order valence-corrected chi connectivity index (χ0v) is 14.3. The molecule has 0 atom stereocenters. The number of pyridine rings is 1. The third-order valence-electron chi connectivity index (χ3n) is 4.46. The first-order valence-electron chi connectivity index (χ1n) is 8.29. The van der Waals surface area contributed by atoms with Crippen LogP contribution in [-0.2, 0) is 0 Å². The summed E-state index contributed by atoms with van der Waals surface area (Å²) in [5, 5.41) is 12.8. The van der Waals surface area contributed by atoms with Crippen LogP contribution in [0.1, 0.15) is 59.1 Å². The van der Waals surface area contributed by atoms with E-state index < -0.39 is 0 Å². The Labute approximate surface area is 143 Å². The lowest BCUT2D eigenvalue weighted by Crippen LogP contribution is -2.12. The van der Waals surface area contributed by atoms with E-state index >= 15 is 0 Å². The molecule has 7 heteroatoms. The summed E-state index contributed by atoms with van der Waals surface area (Å²) in [4.78, 5) is 16.8. The van der Waals surface area contributed by atoms with Crippen LogP contribution in [0.15, 0.2) is 24.5 Å². The van der Waals surface area contributed by atoms with Gasteiger partial charge in [-0.2, -0.15) is 0 Å². The summed E-state index contributed by atoms with van der Waals surface area (Å²) in [5.41, 5.74) is 2.26. The Kier molecular flexibility index (Phi) is 4.02. The summed E-state index contributed by atoms with van der Waals surface area (Å²) in [7, 11) is 0. The highest BCUT2D eigenvalue weighted by atomic mass is 32.1. The van der Waals surface area contributed by atoms with Crippen molar-refractivity contribution >= 4 is 28.0 Å². The van der Waals surface area contributed by atoms with Gasteiger partial charge >= 0.3 is 0 Å². The lowest BCUT2D eigenvalue weighted by Gasteiger charge is -2.18. The van der Waals surface area contributed by atoms with Crippen molar-refractivity contribution < 1.29 is 4.79 Å². The molecule has 124 valence electrons. The van der Waals surface area contributed by atoms with Gasteiger partial charge in [0.2, 0.25) is 5.13 Å². The Morgan fingerprint density at radius 2 is 2.12 bits per heavy atom. The maximum absolute atomic E-state index is 12.4. The molecule has 1 saturated carbocycles. The minimum absolute atomic E-state index is 0.248. The number of aromatic nitrogens is 4. The molecule has 0 spiro atoms. The van der Waals surface area contributed by atoms with Gasteiger partial charge in [-0.25, -0.2) is 4.98 Å². The molecule has 0 unspecified atom stereocenters. The van der Waals surface area contributed by atoms with Gasteiger partial charge in [-0.05, 0) is 37.5 Å². The van der Waals surface area contributed by atoms with Gasteiger partial charge in [0, 0.05) is 18.3 Å². The number of imidazole rings is 1. The maximum Gasteiger partial charge on any atom is 0.277 e. The number of nitrogens with zero attached hydrogens (tertiary/aromatic N) is 4. The van der Waals surface area contributed by atoms with Crippen LogP contribution < -0.4 is 5.32 Å². The highest BCUT2D eigenvalue weighted by molar-refractivity contribution is 7.15. The molecule has 1 fully saturated rings. The lowest BCUT2D eigenvalue weighted by atomic mass is 9.90. The average molecular weight is 341 g/mol. The quantitative estimate of drug-likeness (QED) is 0.786. The van der Waals surface area contributed by atoms with Crippen LogP contribution in [0.2, 0.25) is 0 Å². The van der Waals surface area contributed by atoms with Crippen molar-refractivity contribution in [2.45, 2.75) is 44.9 Å². The van der Waals surface area contributed by atoms with Gasteiger partial charge < -0.3 is 4.40 Å². The van der Waals surface area contributed by atoms with Crippen molar-refractivity contribution in [2.24, 2.45) is 0 Å². The molecule has 1 amide bonds. The van der Waals surface area contributed by atoms with Crippen LogP contribution in [0.25, 0.3) is 5.65 Å². The van der Waals surface area contributed by atoms with Crippen molar-refractivity contribution in [3.8, 4) is 0 Å². The Hall–Kier alpha value is -2.28. The zero-order chi connectivity index (χ0) is 16.5. The minimum atomic E-state index is -0.248. The molecule has 3 aromatic rings. The smallest absolute Gasteiger partial charge is 0.277 e. The number of carbonyl (C=O) groups is 1. The Bertz CT molecular complexity index is 878. The second kappa shape index (κ2) is 6.32. The van der Waals surface area contributed by atoms with Gasteiger partial charge in [-0.1, -0.05) is 30.6 Å². The van der Waals surface area contributed by atoms with Crippen LogP contribution in [-0.4, -0.2) is 25.5 Å². The van der Waals surface area contributed by atoms with E-state index in [0.29, 0.717) is 16.7 Å². The van der Waals surface area contributed by atoms with E-state index in [1.807, 2.05) is 29.7 Å². The van der Waals surface area contributed by atoms with Crippen molar-refractivity contribution in [1.29, 1.82) is 0 Å². The van der Waals surface area contributed by atoms with Crippen molar-refractivity contribution in [3.05, 3.63) is 40.8 Å². The number of rotatable bonds is 3. The summed E-state index contributed by atoms with van der Waals surface area (Å²) in [5.74, 6) is 0.253. The first kappa shape index (κ1) is 15.3. The van der Waals surface area contributed by atoms with Gasteiger partial charge in [0.15, 0.2) is 0 Å². The van der Waals surface area contributed by atoms with E-state index in [1.165, 1.54) is 43.4 Å². The summed E-state index contributed by atoms with van der Waals surface area (Å²) in [6, 6.07) is 3.93. The number of aryl methyl sites for hydroxylation is 1. The van der Waals surface area contributed by atoms with E-state index in [-0.39, 0.29) is 5.91 Å². The van der Waals surface area contributed by atoms with Gasteiger partial charge in [0.05, 0.1) is 0 Å². The number of anilines is 1. The van der Waals surface area contributed by atoms with E-state index in [9.17, 15) is 4.79 Å². The fraction of sp³-hybridized carbons (Fsp3) is 0.412. The molecule has 0 radical (unpaired) electrons. The van der Waals surface area contributed by atoms with Crippen LogP contribution in [0.5, 0.6) is 0 Å². The SMILES string of the molecule is Cc1ccn2cc(C(=O)Nc3nnc(C4CCCCC4)s3)nc2c1. The average Bonchev–Trinajstić information content (AvgIpc) is 3.22. The highest BCUT2D eigenvalue weighted by Crippen LogP contribution is 2.35. The number of hydrogen-bond acceptors (Lipinski definition) is 5. The molecule has 24 heavy (non-hydrogen) atoms. The van der Waals surface area contributed by atoms with E-state index in [0.717, 1.165) is 16.2 Å². The fourth-order valence-electron chi connectivity index (χ4n) is 3.15. The summed E-state index contributed by atoms with van der Waals surface area (Å²) in [6.45, 7) is 2.00. The Morgan fingerprint density at radius 1 is 1.29 bits per heavy atom. The highest BCUT2D eigenvalue weighted by Gasteiger charge is 2.21. The molecule has 6 nitrogen and oxygen atoms in total. The Balaban J connectivity index is 1.49. The normalized spacial score (nSPS) is 15.7. The predicted molar refractivity (Wildman–Crippen MR) is 93.6 cm³/mol. The molecule has 4 rings (SSSR count). The third kappa shape index (κ3) is 3.03. The van der Waals surface area contributed by atoms with Crippen molar-refractivity contribution in [2.75, 3.05) is 5.32 Å². The van der Waals surface area contributed by atoms with E-state index in [1.54, 1.807) is 6.20 Å². The molecule has 1 N–H and O–H groups in total. The molecule has 0 saturated heterocycles. The van der Waals surface area contributed by atoms with E-state index in [2.05, 4.69) is 20.5 Å². The molecule has 1 aliphatic carbocycles. The van der Waals surface area contributed by atoms with Crippen LogP contribution in [0.4, 0.5) is 5.13 Å². The number of carbonyl (C=O) groups excluding carboxylic acids is 1. The summed E-state index contributed by atoms with van der Waals surface area (Å²) in [6.07, 6.45) is 9.81. The first-order valence-corrected chi connectivity index (χ1v) is 9.11. The van der Waals surface area contributed by atoms with E-state index in [4.69, 9.17) is 0 Å². The van der Waals surface area contributed by atoms with Crippen LogP contribution in [0.3, 0.4) is 0 Å². The van der Waals surface area contributed by atoms with Gasteiger partial charge in [0.25, 0.3) is 5.91 Å². The summed E-state index contributed by atoms with van der Waals surface area (Å²) < 4.78 is 1.84. The standard InChI is InChI=1S/C17H19N5OS/c1-11-7-8-22-10-13(18-14(22)9-11)15(23)19-17-21-20-16(24-17)12-5-3-2-4-6-12/h7-10,12H,2-6H2,1H3,(H,19,21,23). The number of hydrogen-bond donors (Lipinski definition) is 1. The number of fused-ring (bicyclic) bond motifs is 1. The van der Waals surface area contributed by atoms with Gasteiger partial charge in [-0.3, -0.25) is 10.1 Å². The largest absolute Gasteiger partial charge is 0.306 e. The molecule has 0 aromatic carbocycles. The minimum Gasteiger partial charge on any atom is -0.306 e. The number of nitrogens with one attached hydrogen (secondary N) is 1. The molecule has 3 aromatic heterocycles. The second-order valence-corrected chi connectivity index (χ2v) is 7.34. The van der Waals surface area contributed by atoms with Gasteiger partial charge in [0.1, 0.15) is 16.3 Å². The fourth-order valence-corrected chi connectivity index (χ4v) is 4.06. The molecule has 0 aliphatic heterocycles. The lowest BCUT2D eigenvalue weighted by molar-refractivity contribution is 0.102. The zero-order valence-electron chi connectivity index (χ0n) is 13.5. The molecular weight excluding hydrogens is 322 g/mol. The van der Waals surface area contributed by atoms with Crippen molar-refractivity contribution in [1.82, 2.24) is 19.6 Å². The molecule has 0 bridgehead atoms.